The van der Waals surface area contributed by atoms with E-state index >= 15 is 0 Å². The van der Waals surface area contributed by atoms with Gasteiger partial charge in [0.15, 0.2) is 0 Å². The molecule has 0 atom stereocenters. The first-order valence-corrected chi connectivity index (χ1v) is 9.33. The van der Waals surface area contributed by atoms with Crippen molar-refractivity contribution in [2.75, 3.05) is 14.2 Å². The number of halogens is 1. The number of nitrogens with zero attached hydrogens (tertiary/aromatic N) is 2. The van der Waals surface area contributed by atoms with Crippen LogP contribution in [0.5, 0.6) is 0 Å². The maximum atomic E-state index is 12.4. The Morgan fingerprint density at radius 1 is 1.36 bits per heavy atom. The zero-order valence-electron chi connectivity index (χ0n) is 14.1. The van der Waals surface area contributed by atoms with Crippen LogP contribution in [0.1, 0.15) is 27.4 Å². The predicted octanol–water partition coefficient (Wildman–Crippen LogP) is 2.59. The number of aromatic nitrogens is 1. The quantitative estimate of drug-likeness (QED) is 0.510. The van der Waals surface area contributed by atoms with Gasteiger partial charge in [0.1, 0.15) is 12.4 Å². The third kappa shape index (κ3) is 4.09. The number of hydroxylamine groups is 1. The van der Waals surface area contributed by atoms with E-state index < -0.39 is 16.0 Å². The average Bonchev–Trinajstić information content (AvgIpc) is 2.90. The van der Waals surface area contributed by atoms with Gasteiger partial charge in [0, 0.05) is 11.5 Å². The summed E-state index contributed by atoms with van der Waals surface area (Å²) in [5.41, 5.74) is 1.38. The molecule has 1 aromatic carbocycles. The molecule has 136 valence electrons. The van der Waals surface area contributed by atoms with Crippen molar-refractivity contribution in [3.8, 4) is 0 Å². The van der Waals surface area contributed by atoms with E-state index in [1.165, 1.54) is 32.4 Å². The van der Waals surface area contributed by atoms with Crippen molar-refractivity contribution in [1.82, 2.24) is 9.63 Å². The summed E-state index contributed by atoms with van der Waals surface area (Å²) in [5, 5.41) is 3.79. The van der Waals surface area contributed by atoms with Gasteiger partial charge in [0.25, 0.3) is 10.0 Å². The van der Waals surface area contributed by atoms with Gasteiger partial charge in [-0.25, -0.2) is 13.2 Å². The van der Waals surface area contributed by atoms with Crippen LogP contribution in [-0.2, 0) is 26.2 Å². The van der Waals surface area contributed by atoms with Crippen LogP contribution >= 0.6 is 15.9 Å². The van der Waals surface area contributed by atoms with Gasteiger partial charge in [-0.3, -0.25) is 4.84 Å². The normalized spacial score (nSPS) is 11.8. The molecular weight excluding hydrogens is 416 g/mol. The summed E-state index contributed by atoms with van der Waals surface area (Å²) in [6.07, 6.45) is 0. The number of aryl methyl sites for hydroxylation is 2. The van der Waals surface area contributed by atoms with Crippen molar-refractivity contribution in [1.29, 1.82) is 0 Å². The molecule has 2 aromatic rings. The Hall–Kier alpha value is -1.75. The summed E-state index contributed by atoms with van der Waals surface area (Å²) in [7, 11) is -1.39. The highest BCUT2D eigenvalue weighted by Crippen LogP contribution is 2.24. The van der Waals surface area contributed by atoms with Crippen LogP contribution in [0.25, 0.3) is 0 Å². The molecule has 0 saturated carbocycles. The maximum absolute atomic E-state index is 12.4. The number of ether oxygens (including phenoxy) is 1. The number of hydrogen-bond donors (Lipinski definition) is 0. The lowest BCUT2D eigenvalue weighted by atomic mass is 10.2. The summed E-state index contributed by atoms with van der Waals surface area (Å²) < 4.78 is 36.0. The third-order valence-corrected chi connectivity index (χ3v) is 5.95. The first kappa shape index (κ1) is 19.6. The number of carbonyl (C=O) groups is 1. The number of benzene rings is 1. The summed E-state index contributed by atoms with van der Waals surface area (Å²) >= 11 is 3.23. The van der Waals surface area contributed by atoms with Crippen LogP contribution in [0.15, 0.2) is 32.1 Å². The Kier molecular flexibility index (Phi) is 5.99. The van der Waals surface area contributed by atoms with E-state index in [0.717, 1.165) is 0 Å². The summed E-state index contributed by atoms with van der Waals surface area (Å²) in [6.45, 7) is 3.43. The van der Waals surface area contributed by atoms with Gasteiger partial charge in [-0.15, -0.1) is 0 Å². The van der Waals surface area contributed by atoms with E-state index in [0.29, 0.717) is 26.0 Å². The number of sulfonamides is 1. The molecular formula is C15H17BrN2O6S. The standard InChI is InChI=1S/C15H17BrN2O6S/c1-9-13(10(2)24-17-9)8-23-15(19)12-7-11(5-6-14(12)16)25(20,21)18(3)22-4/h5-7H,8H2,1-4H3. The Bertz CT molecular complexity index is 874. The minimum Gasteiger partial charge on any atom is -0.457 e. The first-order chi connectivity index (χ1) is 11.7. The van der Waals surface area contributed by atoms with Crippen molar-refractivity contribution < 1.29 is 27.3 Å². The van der Waals surface area contributed by atoms with Gasteiger partial charge < -0.3 is 9.26 Å². The molecule has 0 unspecified atom stereocenters. The van der Waals surface area contributed by atoms with Crippen molar-refractivity contribution in [3.05, 3.63) is 45.3 Å². The van der Waals surface area contributed by atoms with Crippen LogP contribution in [0, 0.1) is 13.8 Å². The predicted molar refractivity (Wildman–Crippen MR) is 91.2 cm³/mol. The second kappa shape index (κ2) is 7.65. The molecule has 0 aliphatic rings. The fraction of sp³-hybridized carbons (Fsp3) is 0.333. The van der Waals surface area contributed by atoms with Crippen LogP contribution < -0.4 is 0 Å². The maximum Gasteiger partial charge on any atom is 0.339 e. The smallest absolute Gasteiger partial charge is 0.339 e. The third-order valence-electron chi connectivity index (χ3n) is 3.58. The van der Waals surface area contributed by atoms with E-state index in [2.05, 4.69) is 21.1 Å². The molecule has 1 aromatic heterocycles. The molecule has 0 N–H and O–H groups in total. The summed E-state index contributed by atoms with van der Waals surface area (Å²) in [6, 6.07) is 4.05. The molecule has 1 heterocycles. The monoisotopic (exact) mass is 432 g/mol. The molecule has 10 heteroatoms. The van der Waals surface area contributed by atoms with Crippen molar-refractivity contribution in [2.45, 2.75) is 25.3 Å². The molecule has 0 amide bonds. The molecule has 0 bridgehead atoms. The molecule has 0 spiro atoms. The lowest BCUT2D eigenvalue weighted by molar-refractivity contribution is -0.0258. The minimum absolute atomic E-state index is 0.0264. The van der Waals surface area contributed by atoms with E-state index in [1.54, 1.807) is 13.8 Å². The molecule has 0 aliphatic carbocycles. The van der Waals surface area contributed by atoms with Crippen LogP contribution in [0.3, 0.4) is 0 Å². The van der Waals surface area contributed by atoms with E-state index in [1.807, 2.05) is 0 Å². The highest BCUT2D eigenvalue weighted by atomic mass is 79.9. The highest BCUT2D eigenvalue weighted by molar-refractivity contribution is 9.10. The van der Waals surface area contributed by atoms with E-state index in [4.69, 9.17) is 14.1 Å². The molecule has 25 heavy (non-hydrogen) atoms. The fourth-order valence-electron chi connectivity index (χ4n) is 1.99. The van der Waals surface area contributed by atoms with Gasteiger partial charge in [0.05, 0.1) is 28.8 Å². The minimum atomic E-state index is -3.88. The van der Waals surface area contributed by atoms with Gasteiger partial charge in [-0.1, -0.05) is 9.63 Å². The van der Waals surface area contributed by atoms with E-state index in [-0.39, 0.29) is 17.1 Å². The number of carbonyl (C=O) groups excluding carboxylic acids is 1. The lowest BCUT2D eigenvalue weighted by Gasteiger charge is -2.15. The average molecular weight is 433 g/mol. The molecule has 0 saturated heterocycles. The van der Waals surface area contributed by atoms with Gasteiger partial charge in [-0.05, 0) is 48.0 Å². The Morgan fingerprint density at radius 3 is 2.60 bits per heavy atom. The number of rotatable bonds is 6. The SMILES string of the molecule is CON(C)S(=O)(=O)c1ccc(Br)c(C(=O)OCc2c(C)noc2C)c1. The van der Waals surface area contributed by atoms with Gasteiger partial charge in [-0.2, -0.15) is 0 Å². The van der Waals surface area contributed by atoms with Crippen molar-refractivity contribution in [2.24, 2.45) is 0 Å². The summed E-state index contributed by atoms with van der Waals surface area (Å²) in [4.78, 5) is 17.0. The van der Waals surface area contributed by atoms with Crippen LogP contribution in [-0.4, -0.2) is 38.2 Å². The Balaban J connectivity index is 2.27. The van der Waals surface area contributed by atoms with Crippen molar-refractivity contribution >= 4 is 31.9 Å². The van der Waals surface area contributed by atoms with Crippen LogP contribution in [0.4, 0.5) is 0 Å². The molecule has 8 nitrogen and oxygen atoms in total. The topological polar surface area (TPSA) is 98.9 Å². The number of esters is 1. The van der Waals surface area contributed by atoms with E-state index in [9.17, 15) is 13.2 Å². The zero-order valence-corrected chi connectivity index (χ0v) is 16.5. The van der Waals surface area contributed by atoms with Gasteiger partial charge in [0.2, 0.25) is 0 Å². The van der Waals surface area contributed by atoms with Crippen molar-refractivity contribution in [3.63, 3.8) is 0 Å². The summed E-state index contributed by atoms with van der Waals surface area (Å²) in [5.74, 6) is -0.119. The van der Waals surface area contributed by atoms with Gasteiger partial charge >= 0.3 is 5.97 Å². The Morgan fingerprint density at radius 2 is 2.04 bits per heavy atom. The fourth-order valence-corrected chi connectivity index (χ4v) is 3.40. The van der Waals surface area contributed by atoms with Crippen LogP contribution in [0.2, 0.25) is 0 Å². The molecule has 0 aliphatic heterocycles. The second-order valence-corrected chi connectivity index (χ2v) is 7.91. The molecule has 0 fully saturated rings. The Labute approximate surface area is 153 Å². The second-order valence-electron chi connectivity index (χ2n) is 5.12. The molecule has 2 rings (SSSR count). The lowest BCUT2D eigenvalue weighted by Crippen LogP contribution is -2.26. The first-order valence-electron chi connectivity index (χ1n) is 7.10. The largest absolute Gasteiger partial charge is 0.457 e. The zero-order chi connectivity index (χ0) is 18.8. The number of hydrogen-bond acceptors (Lipinski definition) is 7. The molecule has 0 radical (unpaired) electrons. The highest BCUT2D eigenvalue weighted by Gasteiger charge is 2.24.